The molecule has 0 fully saturated rings. The molecule has 1 atom stereocenters. The van der Waals surface area contributed by atoms with Gasteiger partial charge in [0, 0.05) is 0 Å². The summed E-state index contributed by atoms with van der Waals surface area (Å²) in [6.45, 7) is 2.19. The van der Waals surface area contributed by atoms with Gasteiger partial charge in [-0.1, -0.05) is 32.6 Å². The molecule has 0 aliphatic heterocycles. The summed E-state index contributed by atoms with van der Waals surface area (Å²) in [7, 11) is 3.12. The molecule has 102 valence electrons. The molecule has 18 heavy (non-hydrogen) atoms. The smallest absolute Gasteiger partial charge is 0.240 e. The molecule has 2 N–H and O–H groups in total. The van der Waals surface area contributed by atoms with E-state index in [2.05, 4.69) is 16.9 Å². The number of rotatable bonds is 8. The predicted molar refractivity (Wildman–Crippen MR) is 70.8 cm³/mol. The molecule has 1 aromatic heterocycles. The molecule has 0 aliphatic carbocycles. The molecule has 0 amide bonds. The number of hydrogen-bond donors (Lipinski definition) is 1. The lowest BCUT2D eigenvalue weighted by Crippen LogP contribution is -2.14. The van der Waals surface area contributed by atoms with Gasteiger partial charge in [0.1, 0.15) is 5.69 Å². The van der Waals surface area contributed by atoms with Crippen molar-refractivity contribution in [1.82, 2.24) is 9.97 Å². The summed E-state index contributed by atoms with van der Waals surface area (Å²) in [5, 5.41) is 0. The van der Waals surface area contributed by atoms with E-state index in [-0.39, 0.29) is 6.04 Å². The van der Waals surface area contributed by atoms with E-state index in [0.29, 0.717) is 17.5 Å². The van der Waals surface area contributed by atoms with Gasteiger partial charge in [-0.3, -0.25) is 0 Å². The number of hydrogen-bond acceptors (Lipinski definition) is 5. The van der Waals surface area contributed by atoms with Gasteiger partial charge in [0.2, 0.25) is 11.8 Å². The first kappa shape index (κ1) is 14.7. The predicted octanol–water partition coefficient (Wildman–Crippen LogP) is 2.46. The minimum Gasteiger partial charge on any atom is -0.480 e. The van der Waals surface area contributed by atoms with Crippen LogP contribution < -0.4 is 15.2 Å². The van der Waals surface area contributed by atoms with Crippen LogP contribution in [-0.2, 0) is 0 Å². The van der Waals surface area contributed by atoms with E-state index in [0.717, 1.165) is 12.8 Å². The Bertz CT molecular complexity index is 358. The number of methoxy groups -OCH3 is 2. The molecule has 5 heteroatoms. The summed E-state index contributed by atoms with van der Waals surface area (Å²) in [5.74, 6) is 0.895. The molecule has 0 aliphatic rings. The fraction of sp³-hybridized carbons (Fsp3) is 0.692. The Labute approximate surface area is 109 Å². The lowest BCUT2D eigenvalue weighted by atomic mass is 10.1. The summed E-state index contributed by atoms with van der Waals surface area (Å²) < 4.78 is 10.2. The van der Waals surface area contributed by atoms with Crippen LogP contribution in [0.1, 0.15) is 50.8 Å². The van der Waals surface area contributed by atoms with E-state index in [4.69, 9.17) is 15.2 Å². The minimum atomic E-state index is -0.129. The molecule has 0 aromatic carbocycles. The van der Waals surface area contributed by atoms with Crippen LogP contribution in [0.3, 0.4) is 0 Å². The second kappa shape index (κ2) is 7.87. The normalized spacial score (nSPS) is 12.2. The monoisotopic (exact) mass is 253 g/mol. The average Bonchev–Trinajstić information content (AvgIpc) is 2.42. The van der Waals surface area contributed by atoms with E-state index in [1.54, 1.807) is 20.4 Å². The molecule has 0 saturated carbocycles. The number of aromatic nitrogens is 2. The zero-order valence-corrected chi connectivity index (χ0v) is 11.5. The van der Waals surface area contributed by atoms with Gasteiger partial charge in [0.15, 0.2) is 0 Å². The Morgan fingerprint density at radius 3 is 2.61 bits per heavy atom. The van der Waals surface area contributed by atoms with Crippen molar-refractivity contribution in [3.8, 4) is 11.8 Å². The Kier molecular flexibility index (Phi) is 6.43. The largest absolute Gasteiger partial charge is 0.480 e. The minimum absolute atomic E-state index is 0.129. The highest BCUT2D eigenvalue weighted by Crippen LogP contribution is 2.25. The van der Waals surface area contributed by atoms with Gasteiger partial charge in [-0.05, 0) is 6.42 Å². The third-order valence-electron chi connectivity index (χ3n) is 2.87. The van der Waals surface area contributed by atoms with Crippen LogP contribution in [0.2, 0.25) is 0 Å². The number of nitrogens with zero attached hydrogens (tertiary/aromatic N) is 2. The molecule has 1 unspecified atom stereocenters. The molecule has 0 bridgehead atoms. The maximum atomic E-state index is 6.12. The number of unbranched alkanes of at least 4 members (excludes halogenated alkanes) is 3. The van der Waals surface area contributed by atoms with Gasteiger partial charge >= 0.3 is 0 Å². The van der Waals surface area contributed by atoms with Crippen LogP contribution in [0, 0.1) is 0 Å². The van der Waals surface area contributed by atoms with Crippen molar-refractivity contribution in [2.45, 2.75) is 45.1 Å². The molecular weight excluding hydrogens is 230 g/mol. The SMILES string of the molecule is CCCCCCC(N)c1ncc(OC)nc1OC. The lowest BCUT2D eigenvalue weighted by Gasteiger charge is -2.14. The van der Waals surface area contributed by atoms with Gasteiger partial charge in [0.25, 0.3) is 0 Å². The number of nitrogens with two attached hydrogens (primary N) is 1. The zero-order valence-electron chi connectivity index (χ0n) is 11.5. The van der Waals surface area contributed by atoms with Crippen molar-refractivity contribution in [2.24, 2.45) is 5.73 Å². The van der Waals surface area contributed by atoms with E-state index in [9.17, 15) is 0 Å². The third kappa shape index (κ3) is 4.14. The third-order valence-corrected chi connectivity index (χ3v) is 2.87. The highest BCUT2D eigenvalue weighted by atomic mass is 16.5. The summed E-state index contributed by atoms with van der Waals surface area (Å²) in [6, 6.07) is -0.129. The Morgan fingerprint density at radius 2 is 2.00 bits per heavy atom. The molecule has 1 heterocycles. The molecule has 0 spiro atoms. The Morgan fingerprint density at radius 1 is 1.22 bits per heavy atom. The van der Waals surface area contributed by atoms with E-state index in [1.807, 2.05) is 0 Å². The van der Waals surface area contributed by atoms with E-state index >= 15 is 0 Å². The molecule has 1 rings (SSSR count). The fourth-order valence-corrected chi connectivity index (χ4v) is 1.80. The average molecular weight is 253 g/mol. The van der Waals surface area contributed by atoms with Crippen molar-refractivity contribution < 1.29 is 9.47 Å². The standard InChI is InChI=1S/C13H23N3O2/c1-4-5-6-7-8-10(14)12-13(18-3)16-11(17-2)9-15-12/h9-10H,4-8,14H2,1-3H3. The molecule has 1 aromatic rings. The van der Waals surface area contributed by atoms with Gasteiger partial charge in [-0.15, -0.1) is 0 Å². The second-order valence-corrected chi connectivity index (χ2v) is 4.26. The van der Waals surface area contributed by atoms with Crippen LogP contribution in [-0.4, -0.2) is 24.2 Å². The van der Waals surface area contributed by atoms with Crippen molar-refractivity contribution in [3.05, 3.63) is 11.9 Å². The summed E-state index contributed by atoms with van der Waals surface area (Å²) in [6.07, 6.45) is 7.25. The molecule has 0 saturated heterocycles. The van der Waals surface area contributed by atoms with Crippen LogP contribution in [0.4, 0.5) is 0 Å². The summed E-state index contributed by atoms with van der Waals surface area (Å²) in [4.78, 5) is 8.47. The van der Waals surface area contributed by atoms with E-state index < -0.39 is 0 Å². The highest BCUT2D eigenvalue weighted by molar-refractivity contribution is 5.25. The van der Waals surface area contributed by atoms with Crippen molar-refractivity contribution >= 4 is 0 Å². The van der Waals surface area contributed by atoms with Gasteiger partial charge in [-0.2, -0.15) is 4.98 Å². The van der Waals surface area contributed by atoms with Gasteiger partial charge in [0.05, 0.1) is 26.5 Å². The number of ether oxygens (including phenoxy) is 2. The fourth-order valence-electron chi connectivity index (χ4n) is 1.80. The first-order valence-electron chi connectivity index (χ1n) is 6.43. The molecular formula is C13H23N3O2. The molecule has 0 radical (unpaired) electrons. The highest BCUT2D eigenvalue weighted by Gasteiger charge is 2.15. The quantitative estimate of drug-likeness (QED) is 0.721. The maximum absolute atomic E-state index is 6.12. The van der Waals surface area contributed by atoms with Crippen LogP contribution in [0.25, 0.3) is 0 Å². The zero-order chi connectivity index (χ0) is 13.4. The summed E-state index contributed by atoms with van der Waals surface area (Å²) >= 11 is 0. The summed E-state index contributed by atoms with van der Waals surface area (Å²) in [5.41, 5.74) is 6.83. The first-order chi connectivity index (χ1) is 8.72. The van der Waals surface area contributed by atoms with Crippen molar-refractivity contribution in [1.29, 1.82) is 0 Å². The lowest BCUT2D eigenvalue weighted by molar-refractivity contribution is 0.352. The topological polar surface area (TPSA) is 70.3 Å². The Balaban J connectivity index is 2.63. The Hall–Kier alpha value is -1.36. The van der Waals surface area contributed by atoms with Crippen molar-refractivity contribution in [2.75, 3.05) is 14.2 Å². The van der Waals surface area contributed by atoms with E-state index in [1.165, 1.54) is 19.3 Å². The van der Waals surface area contributed by atoms with Gasteiger partial charge in [-0.25, -0.2) is 4.98 Å². The maximum Gasteiger partial charge on any atom is 0.240 e. The van der Waals surface area contributed by atoms with Crippen molar-refractivity contribution in [3.63, 3.8) is 0 Å². The first-order valence-corrected chi connectivity index (χ1v) is 6.43. The van der Waals surface area contributed by atoms with Gasteiger partial charge < -0.3 is 15.2 Å². The van der Waals surface area contributed by atoms with Crippen LogP contribution >= 0.6 is 0 Å². The molecule has 5 nitrogen and oxygen atoms in total. The second-order valence-electron chi connectivity index (χ2n) is 4.26. The van der Waals surface area contributed by atoms with Crippen LogP contribution in [0.5, 0.6) is 11.8 Å². The van der Waals surface area contributed by atoms with Crippen LogP contribution in [0.15, 0.2) is 6.20 Å².